The molecule has 0 unspecified atom stereocenters. The van der Waals surface area contributed by atoms with Gasteiger partial charge in [-0.15, -0.1) is 0 Å². The van der Waals surface area contributed by atoms with Gasteiger partial charge in [-0.1, -0.05) is 18.5 Å². The van der Waals surface area contributed by atoms with Crippen molar-refractivity contribution in [3.63, 3.8) is 0 Å². The van der Waals surface area contributed by atoms with Crippen molar-refractivity contribution in [3.8, 4) is 5.75 Å². The molecule has 0 bridgehead atoms. The molecule has 6 heteroatoms. The molecule has 0 spiro atoms. The zero-order chi connectivity index (χ0) is 14.0. The quantitative estimate of drug-likeness (QED) is 0.616. The summed E-state index contributed by atoms with van der Waals surface area (Å²) >= 11 is 5.99. The van der Waals surface area contributed by atoms with Crippen LogP contribution in [0.5, 0.6) is 5.75 Å². The summed E-state index contributed by atoms with van der Waals surface area (Å²) in [6, 6.07) is 6.17. The van der Waals surface area contributed by atoms with Crippen molar-refractivity contribution in [3.05, 3.63) is 29.8 Å². The molecule has 18 heavy (non-hydrogen) atoms. The number of ether oxygens (including phenoxy) is 1. The molecule has 0 aliphatic heterocycles. The molecule has 100 valence electrons. The number of benzene rings is 1. The lowest BCUT2D eigenvalue weighted by Gasteiger charge is -2.21. The first-order valence-corrected chi connectivity index (χ1v) is 7.60. The molecular weight excluding hydrogens is 276 g/mol. The smallest absolute Gasteiger partial charge is 0.207 e. The van der Waals surface area contributed by atoms with Crippen molar-refractivity contribution in [1.82, 2.24) is 0 Å². The molecule has 0 fully saturated rings. The second kappa shape index (κ2) is 5.28. The average Bonchev–Trinajstić information content (AvgIpc) is 2.35. The fraction of sp³-hybridized carbons (Fsp3) is 0.417. The summed E-state index contributed by atoms with van der Waals surface area (Å²) in [6.45, 7) is 1.56. The second-order valence-electron chi connectivity index (χ2n) is 3.91. The Morgan fingerprint density at radius 3 is 2.17 bits per heavy atom. The molecule has 0 aliphatic rings. The Bertz CT molecular complexity index is 536. The number of ketones is 1. The SMILES string of the molecule is CC[C@@](Cl)(C(=O)c1ccc(OC)cc1)S(C)(=O)=O. The highest BCUT2D eigenvalue weighted by atomic mass is 35.5. The number of carbonyl (C=O) groups is 1. The number of Topliss-reactive ketones (excluding diaryl/α,β-unsaturated/α-hetero) is 1. The molecule has 1 aromatic carbocycles. The van der Waals surface area contributed by atoms with Crippen molar-refractivity contribution in [2.45, 2.75) is 17.6 Å². The minimum absolute atomic E-state index is 0.0122. The lowest BCUT2D eigenvalue weighted by atomic mass is 10.1. The standard InChI is InChI=1S/C12H15ClO4S/c1-4-12(13,18(3,15)16)11(14)9-5-7-10(17-2)8-6-9/h5-8H,4H2,1-3H3/t12-/m0/s1. The number of carbonyl (C=O) groups excluding carboxylic acids is 1. The summed E-state index contributed by atoms with van der Waals surface area (Å²) < 4.78 is 26.4. The maximum atomic E-state index is 12.2. The summed E-state index contributed by atoms with van der Waals surface area (Å²) in [5.41, 5.74) is 0.248. The Kier molecular flexibility index (Phi) is 4.40. The van der Waals surface area contributed by atoms with Crippen molar-refractivity contribution in [2.75, 3.05) is 13.4 Å². The van der Waals surface area contributed by atoms with Crippen LogP contribution in [0.15, 0.2) is 24.3 Å². The Balaban J connectivity index is 3.19. The van der Waals surface area contributed by atoms with Crippen LogP contribution in [0.3, 0.4) is 0 Å². The monoisotopic (exact) mass is 290 g/mol. The first-order chi connectivity index (χ1) is 8.26. The Morgan fingerprint density at radius 2 is 1.83 bits per heavy atom. The molecule has 0 saturated heterocycles. The molecule has 0 amide bonds. The predicted molar refractivity (Wildman–Crippen MR) is 71.0 cm³/mol. The summed E-state index contributed by atoms with van der Waals surface area (Å²) in [4.78, 5) is 12.2. The zero-order valence-corrected chi connectivity index (χ0v) is 12.0. The molecule has 0 N–H and O–H groups in total. The molecule has 0 heterocycles. The minimum atomic E-state index is -3.69. The van der Waals surface area contributed by atoms with E-state index in [9.17, 15) is 13.2 Å². The van der Waals surface area contributed by atoms with E-state index < -0.39 is 19.8 Å². The van der Waals surface area contributed by atoms with E-state index in [4.69, 9.17) is 16.3 Å². The van der Waals surface area contributed by atoms with E-state index in [0.29, 0.717) is 5.75 Å². The van der Waals surface area contributed by atoms with Crippen LogP contribution in [0.25, 0.3) is 0 Å². The maximum Gasteiger partial charge on any atom is 0.207 e. The highest BCUT2D eigenvalue weighted by Gasteiger charge is 2.44. The number of sulfone groups is 1. The number of alkyl halides is 1. The number of methoxy groups -OCH3 is 1. The van der Waals surface area contributed by atoms with Gasteiger partial charge in [0, 0.05) is 11.8 Å². The van der Waals surface area contributed by atoms with E-state index in [0.717, 1.165) is 6.26 Å². The average molecular weight is 291 g/mol. The molecule has 0 radical (unpaired) electrons. The first kappa shape index (κ1) is 15.0. The van der Waals surface area contributed by atoms with E-state index >= 15 is 0 Å². The summed E-state index contributed by atoms with van der Waals surface area (Å²) in [7, 11) is -2.19. The van der Waals surface area contributed by atoms with Crippen molar-refractivity contribution < 1.29 is 17.9 Å². The highest BCUT2D eigenvalue weighted by molar-refractivity contribution is 7.94. The zero-order valence-electron chi connectivity index (χ0n) is 10.4. The molecule has 1 atom stereocenters. The van der Waals surface area contributed by atoms with Gasteiger partial charge in [-0.3, -0.25) is 4.79 Å². The highest BCUT2D eigenvalue weighted by Crippen LogP contribution is 2.31. The van der Waals surface area contributed by atoms with Gasteiger partial charge in [-0.25, -0.2) is 8.42 Å². The van der Waals surface area contributed by atoms with Crippen molar-refractivity contribution in [2.24, 2.45) is 0 Å². The van der Waals surface area contributed by atoms with Crippen LogP contribution in [-0.4, -0.2) is 31.8 Å². The van der Waals surface area contributed by atoms with Gasteiger partial charge in [0.1, 0.15) is 5.75 Å². The van der Waals surface area contributed by atoms with Gasteiger partial charge in [0.05, 0.1) is 7.11 Å². The van der Waals surface area contributed by atoms with Gasteiger partial charge in [-0.2, -0.15) is 0 Å². The molecular formula is C12H15ClO4S. The predicted octanol–water partition coefficient (Wildman–Crippen LogP) is 2.27. The molecule has 0 aromatic heterocycles. The third-order valence-electron chi connectivity index (χ3n) is 2.73. The van der Waals surface area contributed by atoms with Crippen LogP contribution in [-0.2, 0) is 9.84 Å². The fourth-order valence-electron chi connectivity index (χ4n) is 1.55. The van der Waals surface area contributed by atoms with E-state index in [-0.39, 0.29) is 12.0 Å². The van der Waals surface area contributed by atoms with E-state index in [1.54, 1.807) is 19.1 Å². The topological polar surface area (TPSA) is 60.4 Å². The number of hydrogen-bond donors (Lipinski definition) is 0. The largest absolute Gasteiger partial charge is 0.497 e. The van der Waals surface area contributed by atoms with Crippen LogP contribution >= 0.6 is 11.6 Å². The van der Waals surface area contributed by atoms with Crippen LogP contribution in [0.4, 0.5) is 0 Å². The van der Waals surface area contributed by atoms with Crippen molar-refractivity contribution in [1.29, 1.82) is 0 Å². The molecule has 1 aromatic rings. The van der Waals surface area contributed by atoms with Crippen LogP contribution in [0.2, 0.25) is 0 Å². The minimum Gasteiger partial charge on any atom is -0.497 e. The number of rotatable bonds is 5. The van der Waals surface area contributed by atoms with Gasteiger partial charge in [0.25, 0.3) is 0 Å². The lowest BCUT2D eigenvalue weighted by Crippen LogP contribution is -2.40. The van der Waals surface area contributed by atoms with Gasteiger partial charge >= 0.3 is 0 Å². The maximum absolute atomic E-state index is 12.2. The van der Waals surface area contributed by atoms with Gasteiger partial charge in [0.15, 0.2) is 15.6 Å². The molecule has 0 saturated carbocycles. The van der Waals surface area contributed by atoms with E-state index in [1.165, 1.54) is 19.2 Å². The van der Waals surface area contributed by atoms with Crippen molar-refractivity contribution >= 4 is 27.2 Å². The molecule has 4 nitrogen and oxygen atoms in total. The third kappa shape index (κ3) is 2.67. The Morgan fingerprint density at radius 1 is 1.33 bits per heavy atom. The Hall–Kier alpha value is -1.07. The normalized spacial score (nSPS) is 14.9. The third-order valence-corrected chi connectivity index (χ3v) is 5.66. The van der Waals surface area contributed by atoms with Crippen LogP contribution in [0, 0.1) is 0 Å². The molecule has 1 rings (SSSR count). The fourth-order valence-corrected chi connectivity index (χ4v) is 2.64. The summed E-state index contributed by atoms with van der Waals surface area (Å²) in [5, 5.41) is 0. The number of hydrogen-bond acceptors (Lipinski definition) is 4. The Labute approximate surface area is 112 Å². The van der Waals surface area contributed by atoms with Gasteiger partial charge in [-0.05, 0) is 30.7 Å². The van der Waals surface area contributed by atoms with E-state index in [1.807, 2.05) is 0 Å². The summed E-state index contributed by atoms with van der Waals surface area (Å²) in [6.07, 6.45) is 0.975. The van der Waals surface area contributed by atoms with Gasteiger partial charge < -0.3 is 4.74 Å². The van der Waals surface area contributed by atoms with Gasteiger partial charge in [0.2, 0.25) is 4.21 Å². The van der Waals surface area contributed by atoms with Crippen LogP contribution in [0.1, 0.15) is 23.7 Å². The lowest BCUT2D eigenvalue weighted by molar-refractivity contribution is 0.0970. The molecule has 0 aliphatic carbocycles. The first-order valence-electron chi connectivity index (χ1n) is 5.33. The van der Waals surface area contributed by atoms with Crippen LogP contribution < -0.4 is 4.74 Å². The second-order valence-corrected chi connectivity index (χ2v) is 7.02. The van der Waals surface area contributed by atoms with E-state index in [2.05, 4.69) is 0 Å². The summed E-state index contributed by atoms with van der Waals surface area (Å²) in [5.74, 6) is -0.0283. The number of halogens is 1.